The molecule has 0 aliphatic heterocycles. The molecule has 11 heteroatoms. The van der Waals surface area contributed by atoms with E-state index in [2.05, 4.69) is 21.5 Å². The third kappa shape index (κ3) is 4.41. The molecular weight excluding hydrogens is 431 g/mol. The van der Waals surface area contributed by atoms with Crippen LogP contribution in [0.3, 0.4) is 0 Å². The van der Waals surface area contributed by atoms with Crippen LogP contribution >= 0.6 is 0 Å². The van der Waals surface area contributed by atoms with Crippen molar-refractivity contribution in [1.82, 2.24) is 24.1 Å². The van der Waals surface area contributed by atoms with Crippen LogP contribution < -0.4 is 0 Å². The van der Waals surface area contributed by atoms with Gasteiger partial charge in [0.05, 0.1) is 11.3 Å². The predicted molar refractivity (Wildman–Crippen MR) is 115 cm³/mol. The molecule has 0 N–H and O–H groups in total. The lowest BCUT2D eigenvalue weighted by Crippen LogP contribution is -2.11. The Kier molecular flexibility index (Phi) is 7.10. The van der Waals surface area contributed by atoms with E-state index in [1.54, 1.807) is 19.1 Å². The molecule has 3 aromatic heterocycles. The van der Waals surface area contributed by atoms with E-state index >= 15 is 0 Å². The van der Waals surface area contributed by atoms with E-state index in [-0.39, 0.29) is 33.5 Å². The monoisotopic (exact) mass is 455 g/mol. The average Bonchev–Trinajstić information content (AvgIpc) is 3.26. The fraction of sp³-hybridized carbons (Fsp3) is 0.350. The number of fused-ring (bicyclic) bond motifs is 1. The van der Waals surface area contributed by atoms with Gasteiger partial charge in [0.2, 0.25) is 0 Å². The van der Waals surface area contributed by atoms with Gasteiger partial charge in [-0.15, -0.1) is 0 Å². The largest absolute Gasteiger partial charge is 0.417 e. The smallest absolute Gasteiger partial charge is 0.310 e. The van der Waals surface area contributed by atoms with Crippen molar-refractivity contribution in [2.75, 3.05) is 5.75 Å². The van der Waals surface area contributed by atoms with Crippen molar-refractivity contribution in [3.63, 3.8) is 0 Å². The summed E-state index contributed by atoms with van der Waals surface area (Å²) in [7, 11) is -2.22. The number of imidazole rings is 2. The van der Waals surface area contributed by atoms with Crippen molar-refractivity contribution < 1.29 is 21.6 Å². The zero-order valence-corrected chi connectivity index (χ0v) is 18.7. The van der Waals surface area contributed by atoms with Crippen molar-refractivity contribution >= 4 is 33.3 Å². The highest BCUT2D eigenvalue weighted by Crippen LogP contribution is 2.33. The van der Waals surface area contributed by atoms with Crippen molar-refractivity contribution in [3.8, 4) is 11.5 Å². The van der Waals surface area contributed by atoms with Gasteiger partial charge in [-0.3, -0.25) is 4.57 Å². The maximum absolute atomic E-state index is 13.0. The molecule has 7 nitrogen and oxygen atoms in total. The summed E-state index contributed by atoms with van der Waals surface area (Å²) < 4.78 is 67.3. The van der Waals surface area contributed by atoms with Crippen molar-refractivity contribution in [3.05, 3.63) is 36.3 Å². The summed E-state index contributed by atoms with van der Waals surface area (Å²) in [6.07, 6.45) is 0.740. The number of pyridine rings is 1. The zero-order valence-electron chi connectivity index (χ0n) is 17.9. The van der Waals surface area contributed by atoms with Gasteiger partial charge < -0.3 is 4.57 Å². The van der Waals surface area contributed by atoms with Gasteiger partial charge in [-0.1, -0.05) is 33.4 Å². The lowest BCUT2D eigenvalue weighted by Gasteiger charge is -2.07. The van der Waals surface area contributed by atoms with Gasteiger partial charge in [-0.25, -0.2) is 23.4 Å². The van der Waals surface area contributed by atoms with E-state index in [4.69, 9.17) is 0 Å². The van der Waals surface area contributed by atoms with Crippen LogP contribution in [-0.4, -0.2) is 38.3 Å². The quantitative estimate of drug-likeness (QED) is 0.552. The Morgan fingerprint density at radius 3 is 2.39 bits per heavy atom. The summed E-state index contributed by atoms with van der Waals surface area (Å²) in [5.74, 6) is 0.195. The molecule has 168 valence electrons. The first kappa shape index (κ1) is 24.3. The van der Waals surface area contributed by atoms with Crippen LogP contribution in [0.5, 0.6) is 0 Å². The summed E-state index contributed by atoms with van der Waals surface area (Å²) in [5.41, 5.74) is -0.761. The molecule has 0 atom stereocenters. The summed E-state index contributed by atoms with van der Waals surface area (Å²) in [6.45, 7) is 10.9. The number of aryl methyl sites for hydroxylation is 1. The van der Waals surface area contributed by atoms with Crippen LogP contribution in [0.15, 0.2) is 29.9 Å². The topological polar surface area (TPSA) is 82.7 Å². The summed E-state index contributed by atoms with van der Waals surface area (Å²) in [5, 5.41) is -0.127. The number of hydrogen-bond acceptors (Lipinski definition) is 5. The maximum atomic E-state index is 13.0. The molecule has 0 bridgehead atoms. The number of sulfone groups is 1. The van der Waals surface area contributed by atoms with Crippen LogP contribution in [0, 0.1) is 0 Å². The Morgan fingerprint density at radius 2 is 1.87 bits per heavy atom. The normalized spacial score (nSPS) is 12.3. The molecule has 0 radical (unpaired) electrons. The molecule has 0 aliphatic rings. The van der Waals surface area contributed by atoms with Gasteiger partial charge >= 0.3 is 6.18 Å². The Balaban J connectivity index is 0.00000166. The first-order valence-corrected chi connectivity index (χ1v) is 11.2. The number of rotatable bonds is 5. The highest BCUT2D eigenvalue weighted by atomic mass is 32.2. The molecule has 3 aromatic rings. The molecule has 0 unspecified atom stereocenters. The second kappa shape index (κ2) is 9.04. The predicted octanol–water partition coefficient (Wildman–Crippen LogP) is 4.80. The van der Waals surface area contributed by atoms with E-state index < -0.39 is 21.6 Å². The molecule has 0 fully saturated rings. The van der Waals surface area contributed by atoms with Gasteiger partial charge in [-0.05, 0) is 19.1 Å². The van der Waals surface area contributed by atoms with Crippen LogP contribution in [0.2, 0.25) is 0 Å². The minimum atomic E-state index is -4.57. The summed E-state index contributed by atoms with van der Waals surface area (Å²) >= 11 is 0. The van der Waals surface area contributed by atoms with Crippen LogP contribution in [-0.2, 0) is 23.1 Å². The lowest BCUT2D eigenvalue weighted by atomic mass is 10.2. The molecule has 3 heterocycles. The minimum Gasteiger partial charge on any atom is -0.310 e. The molecule has 0 saturated carbocycles. The van der Waals surface area contributed by atoms with Gasteiger partial charge in [0.25, 0.3) is 0 Å². The number of nitrogens with zero attached hydrogens (tertiary/aromatic N) is 5. The van der Waals surface area contributed by atoms with Crippen molar-refractivity contribution in [2.24, 2.45) is 7.05 Å². The van der Waals surface area contributed by atoms with Gasteiger partial charge in [0.15, 0.2) is 26.3 Å². The minimum absolute atomic E-state index is 0.0158. The van der Waals surface area contributed by atoms with Crippen LogP contribution in [0.1, 0.15) is 39.1 Å². The SMILES string of the molecule is C=Cn1c(/C=C\C)nc(-c2nc3cc(C(F)(F)F)cnc3n2C)c1S(=O)(=O)CC.CC. The van der Waals surface area contributed by atoms with Crippen molar-refractivity contribution in [2.45, 2.75) is 38.9 Å². The van der Waals surface area contributed by atoms with E-state index in [1.807, 2.05) is 13.8 Å². The van der Waals surface area contributed by atoms with Crippen LogP contribution in [0.25, 0.3) is 35.0 Å². The highest BCUT2D eigenvalue weighted by Gasteiger charge is 2.33. The zero-order chi connectivity index (χ0) is 23.6. The lowest BCUT2D eigenvalue weighted by molar-refractivity contribution is -0.137. The fourth-order valence-corrected chi connectivity index (χ4v) is 4.07. The van der Waals surface area contributed by atoms with E-state index in [0.717, 1.165) is 6.07 Å². The molecule has 3 rings (SSSR count). The molecule has 0 amide bonds. The second-order valence-electron chi connectivity index (χ2n) is 6.14. The van der Waals surface area contributed by atoms with Gasteiger partial charge in [-0.2, -0.15) is 13.2 Å². The van der Waals surface area contributed by atoms with Crippen LogP contribution in [0.4, 0.5) is 13.2 Å². The molecule has 0 spiro atoms. The van der Waals surface area contributed by atoms with Crippen molar-refractivity contribution in [1.29, 1.82) is 0 Å². The Hall–Kier alpha value is -2.95. The Morgan fingerprint density at radius 1 is 1.23 bits per heavy atom. The second-order valence-corrected chi connectivity index (χ2v) is 8.33. The fourth-order valence-electron chi connectivity index (χ4n) is 2.90. The summed E-state index contributed by atoms with van der Waals surface area (Å²) in [6, 6.07) is 0.872. The first-order valence-electron chi connectivity index (χ1n) is 9.55. The van der Waals surface area contributed by atoms with Gasteiger partial charge in [0.1, 0.15) is 17.0 Å². The third-order valence-electron chi connectivity index (χ3n) is 4.32. The number of hydrogen-bond donors (Lipinski definition) is 0. The molecule has 31 heavy (non-hydrogen) atoms. The summed E-state index contributed by atoms with van der Waals surface area (Å²) in [4.78, 5) is 12.4. The number of alkyl halides is 3. The van der Waals surface area contributed by atoms with E-state index in [0.29, 0.717) is 12.0 Å². The standard InChI is InChI=1S/C18H18F3N5O2S.C2H6/c1-5-8-13-24-14(17(26(13)6-2)29(27,28)7-3)16-23-12-9-11(18(19,20)21)10-22-15(12)25(16)4;1-2/h5-6,8-10H,2,7H2,1,3-4H3;1-2H3/b8-5-;. The average molecular weight is 456 g/mol. The maximum Gasteiger partial charge on any atom is 0.417 e. The van der Waals surface area contributed by atoms with E-state index in [1.165, 1.54) is 29.3 Å². The Bertz CT molecular complexity index is 1240. The highest BCUT2D eigenvalue weighted by molar-refractivity contribution is 7.91. The number of halogens is 3. The number of aromatic nitrogens is 5. The molecule has 0 saturated heterocycles. The first-order chi connectivity index (χ1) is 14.5. The molecule has 0 aromatic carbocycles. The molecule has 0 aliphatic carbocycles. The molecular formula is C20H24F3N5O2S. The van der Waals surface area contributed by atoms with E-state index in [9.17, 15) is 21.6 Å². The van der Waals surface area contributed by atoms with Gasteiger partial charge in [0, 0.05) is 19.4 Å². The third-order valence-corrected chi connectivity index (χ3v) is 6.05. The number of allylic oxidation sites excluding steroid dienone is 1. The Labute approximate surface area is 178 Å².